The number of likely N-dealkylation sites (tertiary alicyclic amines) is 1. The Hall–Kier alpha value is -2.16. The fourth-order valence-corrected chi connectivity index (χ4v) is 7.14. The molecule has 0 bridgehead atoms. The highest BCUT2D eigenvalue weighted by Gasteiger charge is 2.49. The fourth-order valence-electron chi connectivity index (χ4n) is 6.86. The Labute approximate surface area is 248 Å². The van der Waals surface area contributed by atoms with Gasteiger partial charge in [-0.15, -0.1) is 0 Å². The van der Waals surface area contributed by atoms with E-state index < -0.39 is 16.8 Å². The molecule has 4 saturated carbocycles. The maximum atomic E-state index is 12.0. The second kappa shape index (κ2) is 11.5. The molecule has 7 rings (SSSR count). The summed E-state index contributed by atoms with van der Waals surface area (Å²) in [5, 5.41) is 13.0. The van der Waals surface area contributed by atoms with E-state index >= 15 is 0 Å². The van der Waals surface area contributed by atoms with Crippen LogP contribution in [0.2, 0.25) is 10.3 Å². The summed E-state index contributed by atoms with van der Waals surface area (Å²) in [5.74, 6) is 2.79. The molecular weight excluding hydrogens is 548 g/mol. The molecule has 5 aliphatic rings. The number of rotatable bonds is 4. The van der Waals surface area contributed by atoms with Crippen molar-refractivity contribution in [3.05, 3.63) is 53.2 Å². The monoisotopic (exact) mass is 588 g/mol. The van der Waals surface area contributed by atoms with E-state index in [-0.39, 0.29) is 11.1 Å². The first-order chi connectivity index (χ1) is 19.3. The highest BCUT2D eigenvalue weighted by Crippen LogP contribution is 2.60. The first-order valence-electron chi connectivity index (χ1n) is 15.0. The number of allylic oxidation sites excluding steroid dienone is 1. The molecule has 4 aliphatic carbocycles. The second-order valence-electron chi connectivity index (χ2n) is 13.3. The molecule has 5 fully saturated rings. The Kier molecular flexibility index (Phi) is 8.50. The second-order valence-corrected chi connectivity index (χ2v) is 13.7. The summed E-state index contributed by atoms with van der Waals surface area (Å²) in [6.45, 7) is 10.8. The smallest absolute Gasteiger partial charge is 0.417 e. The van der Waals surface area contributed by atoms with E-state index in [4.69, 9.17) is 24.6 Å². The van der Waals surface area contributed by atoms with Crippen molar-refractivity contribution in [3.63, 3.8) is 0 Å². The third kappa shape index (κ3) is 6.75. The number of halogens is 4. The van der Waals surface area contributed by atoms with Crippen molar-refractivity contribution >= 4 is 19.4 Å². The summed E-state index contributed by atoms with van der Waals surface area (Å²) >= 11 is 5.23. The number of alkyl halides is 3. The van der Waals surface area contributed by atoms with E-state index in [2.05, 4.69) is 40.1 Å². The molecule has 2 heterocycles. The predicted octanol–water partition coefficient (Wildman–Crippen LogP) is 8.32. The number of hydrogen-bond donors (Lipinski definition) is 1. The number of nitrogens with zero attached hydrogens (tertiary/aromatic N) is 4. The van der Waals surface area contributed by atoms with Gasteiger partial charge in [-0.1, -0.05) is 51.3 Å². The Morgan fingerprint density at radius 1 is 1.15 bits per heavy atom. The van der Waals surface area contributed by atoms with Crippen molar-refractivity contribution in [2.45, 2.75) is 102 Å². The van der Waals surface area contributed by atoms with Gasteiger partial charge in [-0.05, 0) is 85.7 Å². The lowest BCUT2D eigenvalue weighted by Gasteiger charge is -2.53. The lowest BCUT2D eigenvalue weighted by atomic mass is 9.54. The molecule has 1 aliphatic heterocycles. The van der Waals surface area contributed by atoms with Gasteiger partial charge in [0, 0.05) is 24.7 Å². The molecule has 2 aromatic rings. The predicted molar refractivity (Wildman–Crippen MR) is 156 cm³/mol. The number of phenols is 1. The minimum absolute atomic E-state index is 0.109. The van der Waals surface area contributed by atoms with Crippen LogP contribution in [0.25, 0.3) is 0 Å². The van der Waals surface area contributed by atoms with Crippen LogP contribution < -0.4 is 0 Å². The van der Waals surface area contributed by atoms with Gasteiger partial charge in [-0.25, -0.2) is 9.67 Å². The van der Waals surface area contributed by atoms with Crippen LogP contribution in [0.3, 0.4) is 0 Å². The lowest BCUT2D eigenvalue weighted by Crippen LogP contribution is -2.43. The first-order valence-corrected chi connectivity index (χ1v) is 15.4. The number of benzene rings is 1. The molecule has 2 atom stereocenters. The molecule has 1 aromatic carbocycles. The zero-order valence-corrected chi connectivity index (χ0v) is 24.9. The fraction of sp³-hybridized carbons (Fsp3) is 0.677. The molecule has 0 unspecified atom stereocenters. The summed E-state index contributed by atoms with van der Waals surface area (Å²) in [6, 6.07) is 3.20. The zero-order valence-electron chi connectivity index (χ0n) is 24.1. The summed E-state index contributed by atoms with van der Waals surface area (Å²) in [7, 11) is 6.41. The van der Waals surface area contributed by atoms with Crippen molar-refractivity contribution < 1.29 is 18.3 Å². The number of aromatic nitrogens is 3. The van der Waals surface area contributed by atoms with Crippen LogP contribution in [0, 0.1) is 17.3 Å². The van der Waals surface area contributed by atoms with E-state index in [1.54, 1.807) is 0 Å². The molecule has 1 spiro atoms. The number of phenolic OH excluding ortho intramolecular Hbond substituents is 1. The van der Waals surface area contributed by atoms with Crippen molar-refractivity contribution in [1.82, 2.24) is 19.7 Å². The Morgan fingerprint density at radius 3 is 2.39 bits per heavy atom. The van der Waals surface area contributed by atoms with Gasteiger partial charge in [-0.3, -0.25) is 0 Å². The SMILES string of the molecule is Oc1ccc(C(F)(F)F)c(Cl)c1.[B][C@@]12CCC[C@@H]1CN(C(=C)C(C)C)C2.c1nc(C2CC2)nn1C1CC2(CCC2)C1. The average Bonchev–Trinajstić information content (AvgIpc) is 3.32. The quantitative estimate of drug-likeness (QED) is 0.365. The van der Waals surface area contributed by atoms with Gasteiger partial charge in [0.15, 0.2) is 5.82 Å². The van der Waals surface area contributed by atoms with Crippen LogP contribution in [0.1, 0.15) is 101 Å². The van der Waals surface area contributed by atoms with Gasteiger partial charge >= 0.3 is 6.18 Å². The molecule has 10 heteroatoms. The van der Waals surface area contributed by atoms with Crippen molar-refractivity contribution in [3.8, 4) is 5.75 Å². The van der Waals surface area contributed by atoms with Crippen LogP contribution in [0.15, 0.2) is 36.8 Å². The molecule has 41 heavy (non-hydrogen) atoms. The van der Waals surface area contributed by atoms with Gasteiger partial charge in [-0.2, -0.15) is 18.3 Å². The van der Waals surface area contributed by atoms with E-state index in [9.17, 15) is 13.2 Å². The molecule has 1 aromatic heterocycles. The number of hydrogen-bond acceptors (Lipinski definition) is 4. The van der Waals surface area contributed by atoms with Crippen LogP contribution >= 0.6 is 11.6 Å². The molecule has 2 radical (unpaired) electrons. The van der Waals surface area contributed by atoms with Crippen molar-refractivity contribution in [2.75, 3.05) is 13.1 Å². The Bertz CT molecular complexity index is 1230. The van der Waals surface area contributed by atoms with Crippen LogP contribution in [-0.4, -0.2) is 45.7 Å². The van der Waals surface area contributed by atoms with Gasteiger partial charge < -0.3 is 10.0 Å². The maximum absolute atomic E-state index is 12.0. The summed E-state index contributed by atoms with van der Waals surface area (Å²) in [6.07, 6.45) is 11.1. The first kappa shape index (κ1) is 30.3. The van der Waals surface area contributed by atoms with Gasteiger partial charge in [0.25, 0.3) is 0 Å². The van der Waals surface area contributed by atoms with Gasteiger partial charge in [0.2, 0.25) is 0 Å². The third-order valence-corrected chi connectivity index (χ3v) is 10.2. The molecule has 222 valence electrons. The van der Waals surface area contributed by atoms with E-state index in [1.165, 1.54) is 69.9 Å². The topological polar surface area (TPSA) is 54.2 Å². The molecule has 1 N–H and O–H groups in total. The largest absolute Gasteiger partial charge is 0.508 e. The molecule has 5 nitrogen and oxygen atoms in total. The van der Waals surface area contributed by atoms with Gasteiger partial charge in [0.1, 0.15) is 12.1 Å². The average molecular weight is 589 g/mol. The number of aromatic hydroxyl groups is 1. The van der Waals surface area contributed by atoms with Crippen molar-refractivity contribution in [1.29, 1.82) is 0 Å². The normalized spacial score (nSPS) is 26.4. The van der Waals surface area contributed by atoms with E-state index in [0.29, 0.717) is 17.9 Å². The molecular formula is C31H41BClF3N4O. The summed E-state index contributed by atoms with van der Waals surface area (Å²) in [5.41, 5.74) is 1.07. The summed E-state index contributed by atoms with van der Waals surface area (Å²) < 4.78 is 38.2. The highest BCUT2D eigenvalue weighted by atomic mass is 35.5. The minimum Gasteiger partial charge on any atom is -0.508 e. The lowest BCUT2D eigenvalue weighted by molar-refractivity contribution is -0.137. The highest BCUT2D eigenvalue weighted by molar-refractivity contribution is 6.31. The van der Waals surface area contributed by atoms with E-state index in [0.717, 1.165) is 48.4 Å². The Morgan fingerprint density at radius 2 is 1.85 bits per heavy atom. The van der Waals surface area contributed by atoms with Gasteiger partial charge in [0.05, 0.1) is 24.5 Å². The molecule has 1 saturated heterocycles. The maximum Gasteiger partial charge on any atom is 0.417 e. The van der Waals surface area contributed by atoms with E-state index in [1.807, 2.05) is 6.33 Å². The third-order valence-electron chi connectivity index (χ3n) is 9.86. The van der Waals surface area contributed by atoms with Crippen LogP contribution in [0.4, 0.5) is 13.2 Å². The summed E-state index contributed by atoms with van der Waals surface area (Å²) in [4.78, 5) is 6.84. The van der Waals surface area contributed by atoms with Crippen molar-refractivity contribution in [2.24, 2.45) is 17.3 Å². The number of fused-ring (bicyclic) bond motifs is 1. The van der Waals surface area contributed by atoms with Crippen LogP contribution in [0.5, 0.6) is 5.75 Å². The minimum atomic E-state index is -4.47. The van der Waals surface area contributed by atoms with Crippen LogP contribution in [-0.2, 0) is 6.18 Å². The molecule has 0 amide bonds. The standard InChI is InChI=1S/C12H20BN.C12H17N3.C7H4ClF3O/c1-9(2)10(3)14-7-11-5-4-6-12(11,13)8-14;1-4-12(5-1)6-10(7-12)15-8-13-11(14-15)9-2-3-9;8-6-3-4(12)1-2-5(6)7(9,10)11/h9,11H,3-8H2,1-2H3;8-10H,1-7H2;1-3,12H/t11-,12-;;/m1../s1. The Balaban J connectivity index is 0.000000125. The zero-order chi connectivity index (χ0) is 29.6.